The van der Waals surface area contributed by atoms with Crippen LogP contribution in [-0.2, 0) is 17.8 Å². The highest BCUT2D eigenvalue weighted by Gasteiger charge is 2.16. The fourth-order valence-corrected chi connectivity index (χ4v) is 2.62. The van der Waals surface area contributed by atoms with Gasteiger partial charge >= 0.3 is 0 Å². The van der Waals surface area contributed by atoms with E-state index in [4.69, 9.17) is 9.15 Å². The molecule has 0 unspecified atom stereocenters. The maximum Gasteiger partial charge on any atom is 0.227 e. The third-order valence-corrected chi connectivity index (χ3v) is 4.05. The van der Waals surface area contributed by atoms with Gasteiger partial charge in [-0.05, 0) is 18.2 Å². The van der Waals surface area contributed by atoms with Gasteiger partial charge in [-0.2, -0.15) is 0 Å². The first-order valence-corrected chi connectivity index (χ1v) is 7.70. The number of amides is 1. The van der Waals surface area contributed by atoms with Crippen molar-refractivity contribution >= 4 is 16.9 Å². The fourth-order valence-electron chi connectivity index (χ4n) is 2.62. The Kier molecular flexibility index (Phi) is 4.70. The first-order chi connectivity index (χ1) is 12.0. The molecular formula is C19H17F2NO3. The molecule has 0 saturated carbocycles. The number of fused-ring (bicyclic) bond motifs is 1. The minimum absolute atomic E-state index is 0.0640. The van der Waals surface area contributed by atoms with E-state index >= 15 is 0 Å². The number of methoxy groups -OCH3 is 1. The van der Waals surface area contributed by atoms with E-state index in [-0.39, 0.29) is 24.4 Å². The average Bonchev–Trinajstić information content (AvgIpc) is 2.99. The summed E-state index contributed by atoms with van der Waals surface area (Å²) < 4.78 is 37.3. The molecule has 0 saturated heterocycles. The molecule has 0 aliphatic carbocycles. The molecule has 0 aliphatic heterocycles. The molecule has 0 radical (unpaired) electrons. The monoisotopic (exact) mass is 345 g/mol. The standard InChI is InChI=1S/C19H17F2NO3/c1-22(10-12-3-4-14(20)8-17(12)21)19(23)7-13-11-25-18-9-15(24-2)5-6-16(13)18/h3-6,8-9,11H,7,10H2,1-2H3. The number of carbonyl (C=O) groups excluding carboxylic acids is 1. The van der Waals surface area contributed by atoms with Crippen molar-refractivity contribution in [1.82, 2.24) is 4.90 Å². The molecule has 0 fully saturated rings. The lowest BCUT2D eigenvalue weighted by molar-refractivity contribution is -0.129. The molecular weight excluding hydrogens is 328 g/mol. The highest BCUT2D eigenvalue weighted by Crippen LogP contribution is 2.26. The Morgan fingerprint density at radius 2 is 1.96 bits per heavy atom. The van der Waals surface area contributed by atoms with Crippen LogP contribution < -0.4 is 4.74 Å². The highest BCUT2D eigenvalue weighted by atomic mass is 19.1. The number of hydrogen-bond donors (Lipinski definition) is 0. The van der Waals surface area contributed by atoms with E-state index in [2.05, 4.69) is 0 Å². The van der Waals surface area contributed by atoms with Crippen LogP contribution >= 0.6 is 0 Å². The summed E-state index contributed by atoms with van der Waals surface area (Å²) in [4.78, 5) is 13.8. The van der Waals surface area contributed by atoms with Crippen LogP contribution in [0.3, 0.4) is 0 Å². The molecule has 0 N–H and O–H groups in total. The molecule has 0 atom stereocenters. The van der Waals surface area contributed by atoms with Gasteiger partial charge in [0.05, 0.1) is 19.8 Å². The summed E-state index contributed by atoms with van der Waals surface area (Å²) in [6.07, 6.45) is 1.66. The summed E-state index contributed by atoms with van der Waals surface area (Å²) in [5.41, 5.74) is 1.64. The third kappa shape index (κ3) is 3.63. The average molecular weight is 345 g/mol. The van der Waals surface area contributed by atoms with Gasteiger partial charge in [0.15, 0.2) is 0 Å². The van der Waals surface area contributed by atoms with E-state index in [9.17, 15) is 13.6 Å². The lowest BCUT2D eigenvalue weighted by Gasteiger charge is -2.17. The van der Waals surface area contributed by atoms with Gasteiger partial charge < -0.3 is 14.1 Å². The summed E-state index contributed by atoms with van der Waals surface area (Å²) in [6.45, 7) is 0.0640. The topological polar surface area (TPSA) is 42.7 Å². The molecule has 0 spiro atoms. The first-order valence-electron chi connectivity index (χ1n) is 7.70. The van der Waals surface area contributed by atoms with Crippen LogP contribution in [0.2, 0.25) is 0 Å². The van der Waals surface area contributed by atoms with Gasteiger partial charge in [-0.15, -0.1) is 0 Å². The van der Waals surface area contributed by atoms with Crippen molar-refractivity contribution < 1.29 is 22.7 Å². The van der Waals surface area contributed by atoms with Gasteiger partial charge in [0.2, 0.25) is 5.91 Å². The van der Waals surface area contributed by atoms with Gasteiger partial charge in [0.1, 0.15) is 23.0 Å². The van der Waals surface area contributed by atoms with Crippen LogP contribution in [0.4, 0.5) is 8.78 Å². The van der Waals surface area contributed by atoms with Crippen LogP contribution in [0.1, 0.15) is 11.1 Å². The highest BCUT2D eigenvalue weighted by molar-refractivity contribution is 5.88. The molecule has 0 bridgehead atoms. The van der Waals surface area contributed by atoms with Gasteiger partial charge in [-0.3, -0.25) is 4.79 Å². The van der Waals surface area contributed by atoms with E-state index in [0.29, 0.717) is 11.3 Å². The molecule has 1 aromatic heterocycles. The lowest BCUT2D eigenvalue weighted by atomic mass is 10.1. The predicted molar refractivity (Wildman–Crippen MR) is 89.3 cm³/mol. The van der Waals surface area contributed by atoms with E-state index in [1.54, 1.807) is 26.3 Å². The van der Waals surface area contributed by atoms with Crippen LogP contribution in [0.15, 0.2) is 47.1 Å². The zero-order valence-corrected chi connectivity index (χ0v) is 13.9. The number of nitrogens with zero attached hydrogens (tertiary/aromatic N) is 1. The number of halogens is 2. The lowest BCUT2D eigenvalue weighted by Crippen LogP contribution is -2.28. The smallest absolute Gasteiger partial charge is 0.227 e. The normalized spacial score (nSPS) is 10.9. The molecule has 1 amide bonds. The van der Waals surface area contributed by atoms with Crippen LogP contribution in [0.5, 0.6) is 5.75 Å². The largest absolute Gasteiger partial charge is 0.497 e. The second-order valence-electron chi connectivity index (χ2n) is 5.79. The molecule has 130 valence electrons. The fraction of sp³-hybridized carbons (Fsp3) is 0.211. The summed E-state index contributed by atoms with van der Waals surface area (Å²) in [6, 6.07) is 8.70. The van der Waals surface area contributed by atoms with E-state index in [1.165, 1.54) is 23.3 Å². The third-order valence-electron chi connectivity index (χ3n) is 4.05. The SMILES string of the molecule is COc1ccc2c(CC(=O)N(C)Cc3ccc(F)cc3F)coc2c1. The van der Waals surface area contributed by atoms with E-state index in [1.807, 2.05) is 6.07 Å². The Morgan fingerprint density at radius 3 is 2.68 bits per heavy atom. The second kappa shape index (κ2) is 6.93. The van der Waals surface area contributed by atoms with Gasteiger partial charge in [-0.1, -0.05) is 6.07 Å². The number of carbonyl (C=O) groups is 1. The molecule has 0 aliphatic rings. The van der Waals surface area contributed by atoms with Crippen LogP contribution in [0.25, 0.3) is 11.0 Å². The quantitative estimate of drug-likeness (QED) is 0.704. The van der Waals surface area contributed by atoms with Gasteiger partial charge in [0.25, 0.3) is 0 Å². The Morgan fingerprint density at radius 1 is 1.16 bits per heavy atom. The van der Waals surface area contributed by atoms with Crippen molar-refractivity contribution in [2.45, 2.75) is 13.0 Å². The van der Waals surface area contributed by atoms with Crippen molar-refractivity contribution in [1.29, 1.82) is 0 Å². The molecule has 6 heteroatoms. The maximum absolute atomic E-state index is 13.7. The number of rotatable bonds is 5. The molecule has 3 aromatic rings. The summed E-state index contributed by atoms with van der Waals surface area (Å²) in [5, 5.41) is 0.829. The Bertz CT molecular complexity index is 920. The number of benzene rings is 2. The Balaban J connectivity index is 1.73. The molecule has 2 aromatic carbocycles. The molecule has 1 heterocycles. The summed E-state index contributed by atoms with van der Waals surface area (Å²) in [7, 11) is 3.15. The van der Waals surface area contributed by atoms with Crippen molar-refractivity contribution in [3.8, 4) is 5.75 Å². The number of hydrogen-bond acceptors (Lipinski definition) is 3. The zero-order chi connectivity index (χ0) is 18.0. The van der Waals surface area contributed by atoms with Gasteiger partial charge in [-0.25, -0.2) is 8.78 Å². The molecule has 4 nitrogen and oxygen atoms in total. The van der Waals surface area contributed by atoms with E-state index in [0.717, 1.165) is 17.0 Å². The molecule has 25 heavy (non-hydrogen) atoms. The maximum atomic E-state index is 13.7. The Hall–Kier alpha value is -2.89. The van der Waals surface area contributed by atoms with Gasteiger partial charge in [0, 0.05) is 42.2 Å². The number of likely N-dealkylation sites (N-methyl/N-ethyl adjacent to an activating group) is 1. The zero-order valence-electron chi connectivity index (χ0n) is 13.9. The molecule has 3 rings (SSSR count). The van der Waals surface area contributed by atoms with Crippen molar-refractivity contribution in [2.24, 2.45) is 0 Å². The van der Waals surface area contributed by atoms with Crippen molar-refractivity contribution in [3.05, 3.63) is 65.4 Å². The summed E-state index contributed by atoms with van der Waals surface area (Å²) >= 11 is 0. The van der Waals surface area contributed by atoms with Crippen LogP contribution in [-0.4, -0.2) is 25.0 Å². The summed E-state index contributed by atoms with van der Waals surface area (Å²) in [5.74, 6) is -0.832. The minimum Gasteiger partial charge on any atom is -0.497 e. The number of ether oxygens (including phenoxy) is 1. The second-order valence-corrected chi connectivity index (χ2v) is 5.79. The minimum atomic E-state index is -0.666. The van der Waals surface area contributed by atoms with Crippen molar-refractivity contribution in [2.75, 3.05) is 14.2 Å². The Labute approximate surface area is 143 Å². The van der Waals surface area contributed by atoms with Crippen molar-refractivity contribution in [3.63, 3.8) is 0 Å². The van der Waals surface area contributed by atoms with Crippen LogP contribution in [0, 0.1) is 11.6 Å². The van der Waals surface area contributed by atoms with E-state index < -0.39 is 11.6 Å². The number of furan rings is 1. The predicted octanol–water partition coefficient (Wildman–Crippen LogP) is 3.92. The first kappa shape index (κ1) is 17.0.